The Morgan fingerprint density at radius 2 is 2.08 bits per heavy atom. The van der Waals surface area contributed by atoms with Crippen molar-refractivity contribution in [3.8, 4) is 0 Å². The van der Waals surface area contributed by atoms with Crippen molar-refractivity contribution in [1.82, 2.24) is 15.3 Å². The van der Waals surface area contributed by atoms with Crippen molar-refractivity contribution in [3.05, 3.63) is 57.6 Å². The normalized spacial score (nSPS) is 25.0. The van der Waals surface area contributed by atoms with Gasteiger partial charge in [0.25, 0.3) is 0 Å². The standard InChI is InChI=1S/C19H20BrN3O/c1-11-21-10-16-17(22-11)3-2-4-18(16)23-19(24)15-9-14(15)12-5-7-13(20)8-6-12/h5-8,10,14-15,18H,2-4,9H2,1H3,(H,23,24)/t14-,15+,18?/m0/s1. The van der Waals surface area contributed by atoms with Crippen LogP contribution >= 0.6 is 15.9 Å². The summed E-state index contributed by atoms with van der Waals surface area (Å²) >= 11 is 3.45. The number of nitrogens with zero attached hydrogens (tertiary/aromatic N) is 2. The molecule has 0 spiro atoms. The van der Waals surface area contributed by atoms with E-state index in [-0.39, 0.29) is 17.9 Å². The van der Waals surface area contributed by atoms with E-state index in [2.05, 4.69) is 43.3 Å². The lowest BCUT2D eigenvalue weighted by Crippen LogP contribution is -2.32. The highest BCUT2D eigenvalue weighted by Crippen LogP contribution is 2.48. The third-order valence-electron chi connectivity index (χ3n) is 5.04. The molecule has 1 amide bonds. The number of aryl methyl sites for hydroxylation is 2. The maximum absolute atomic E-state index is 12.6. The number of carbonyl (C=O) groups is 1. The lowest BCUT2D eigenvalue weighted by molar-refractivity contribution is -0.123. The minimum Gasteiger partial charge on any atom is -0.349 e. The predicted octanol–water partition coefficient (Wildman–Crippen LogP) is 3.84. The first kappa shape index (κ1) is 15.8. The van der Waals surface area contributed by atoms with Crippen LogP contribution in [0, 0.1) is 12.8 Å². The quantitative estimate of drug-likeness (QED) is 0.872. The zero-order chi connectivity index (χ0) is 16.7. The van der Waals surface area contributed by atoms with Gasteiger partial charge in [0, 0.05) is 27.8 Å². The average Bonchev–Trinajstić information content (AvgIpc) is 3.36. The third-order valence-corrected chi connectivity index (χ3v) is 5.57. The van der Waals surface area contributed by atoms with Crippen molar-refractivity contribution in [1.29, 1.82) is 0 Å². The Bertz CT molecular complexity index is 775. The minimum absolute atomic E-state index is 0.0630. The van der Waals surface area contributed by atoms with Crippen LogP contribution in [-0.2, 0) is 11.2 Å². The minimum atomic E-state index is 0.0630. The van der Waals surface area contributed by atoms with Crippen molar-refractivity contribution in [2.75, 3.05) is 0 Å². The SMILES string of the molecule is Cc1ncc2c(n1)CCCC2NC(=O)[C@@H]1C[C@H]1c1ccc(Br)cc1. The topological polar surface area (TPSA) is 54.9 Å². The number of aromatic nitrogens is 2. The van der Waals surface area contributed by atoms with Crippen LogP contribution in [0.5, 0.6) is 0 Å². The molecule has 2 aliphatic carbocycles. The van der Waals surface area contributed by atoms with Crippen LogP contribution in [0.25, 0.3) is 0 Å². The van der Waals surface area contributed by atoms with Gasteiger partial charge in [0.1, 0.15) is 5.82 Å². The predicted molar refractivity (Wildman–Crippen MR) is 95.6 cm³/mol. The molecule has 3 atom stereocenters. The van der Waals surface area contributed by atoms with Gasteiger partial charge in [0.15, 0.2) is 0 Å². The third kappa shape index (κ3) is 3.09. The number of nitrogens with one attached hydrogen (secondary N) is 1. The molecular formula is C19H20BrN3O. The first-order valence-electron chi connectivity index (χ1n) is 8.50. The molecule has 0 saturated heterocycles. The van der Waals surface area contributed by atoms with E-state index < -0.39 is 0 Å². The summed E-state index contributed by atoms with van der Waals surface area (Å²) < 4.78 is 1.07. The Morgan fingerprint density at radius 1 is 1.29 bits per heavy atom. The van der Waals surface area contributed by atoms with E-state index >= 15 is 0 Å². The maximum atomic E-state index is 12.6. The number of benzene rings is 1. The lowest BCUT2D eigenvalue weighted by Gasteiger charge is -2.25. The number of fused-ring (bicyclic) bond motifs is 1. The van der Waals surface area contributed by atoms with Crippen molar-refractivity contribution in [3.63, 3.8) is 0 Å². The molecule has 1 fully saturated rings. The maximum Gasteiger partial charge on any atom is 0.224 e. The smallest absolute Gasteiger partial charge is 0.224 e. The molecule has 1 saturated carbocycles. The highest BCUT2D eigenvalue weighted by Gasteiger charge is 2.44. The summed E-state index contributed by atoms with van der Waals surface area (Å²) in [6, 6.07) is 8.36. The molecule has 1 unspecified atom stereocenters. The van der Waals surface area contributed by atoms with E-state index in [1.54, 1.807) is 0 Å². The van der Waals surface area contributed by atoms with Gasteiger partial charge >= 0.3 is 0 Å². The van der Waals surface area contributed by atoms with Gasteiger partial charge in [0.05, 0.1) is 6.04 Å². The summed E-state index contributed by atoms with van der Waals surface area (Å²) in [5.41, 5.74) is 3.45. The number of carbonyl (C=O) groups excluding carboxylic acids is 1. The Hall–Kier alpha value is -1.75. The molecular weight excluding hydrogens is 366 g/mol. The number of amides is 1. The molecule has 0 aliphatic heterocycles. The van der Waals surface area contributed by atoms with Crippen molar-refractivity contribution >= 4 is 21.8 Å². The molecule has 1 N–H and O–H groups in total. The van der Waals surface area contributed by atoms with Crippen LogP contribution in [0.2, 0.25) is 0 Å². The van der Waals surface area contributed by atoms with E-state index in [0.29, 0.717) is 5.92 Å². The first-order valence-corrected chi connectivity index (χ1v) is 9.29. The van der Waals surface area contributed by atoms with Gasteiger partial charge < -0.3 is 5.32 Å². The number of hydrogen-bond donors (Lipinski definition) is 1. The molecule has 4 nitrogen and oxygen atoms in total. The van der Waals surface area contributed by atoms with E-state index in [1.165, 1.54) is 5.56 Å². The summed E-state index contributed by atoms with van der Waals surface area (Å²) in [5.74, 6) is 1.43. The van der Waals surface area contributed by atoms with Crippen molar-refractivity contribution < 1.29 is 4.79 Å². The van der Waals surface area contributed by atoms with E-state index in [1.807, 2.05) is 25.3 Å². The van der Waals surface area contributed by atoms with Crippen LogP contribution in [0.4, 0.5) is 0 Å². The van der Waals surface area contributed by atoms with Crippen LogP contribution in [0.1, 0.15) is 53.9 Å². The number of halogens is 1. The highest BCUT2D eigenvalue weighted by molar-refractivity contribution is 9.10. The van der Waals surface area contributed by atoms with Crippen LogP contribution < -0.4 is 5.32 Å². The fourth-order valence-electron chi connectivity index (χ4n) is 3.64. The average molecular weight is 386 g/mol. The molecule has 24 heavy (non-hydrogen) atoms. The largest absolute Gasteiger partial charge is 0.349 e. The molecule has 5 heteroatoms. The van der Waals surface area contributed by atoms with Gasteiger partial charge in [-0.3, -0.25) is 4.79 Å². The van der Waals surface area contributed by atoms with Gasteiger partial charge in [-0.05, 0) is 56.2 Å². The molecule has 2 aromatic rings. The van der Waals surface area contributed by atoms with Gasteiger partial charge in [-0.25, -0.2) is 9.97 Å². The molecule has 124 valence electrons. The van der Waals surface area contributed by atoms with Crippen LogP contribution in [-0.4, -0.2) is 15.9 Å². The van der Waals surface area contributed by atoms with E-state index in [9.17, 15) is 4.79 Å². The fraction of sp³-hybridized carbons (Fsp3) is 0.421. The van der Waals surface area contributed by atoms with E-state index in [0.717, 1.165) is 47.2 Å². The second kappa shape index (κ2) is 6.28. The Kier molecular flexibility index (Phi) is 4.12. The number of hydrogen-bond acceptors (Lipinski definition) is 3. The summed E-state index contributed by atoms with van der Waals surface area (Å²) in [7, 11) is 0. The highest BCUT2D eigenvalue weighted by atomic mass is 79.9. The second-order valence-electron chi connectivity index (χ2n) is 6.77. The fourth-order valence-corrected chi connectivity index (χ4v) is 3.90. The molecule has 1 heterocycles. The molecule has 0 radical (unpaired) electrons. The zero-order valence-corrected chi connectivity index (χ0v) is 15.2. The molecule has 0 bridgehead atoms. The van der Waals surface area contributed by atoms with Crippen LogP contribution in [0.15, 0.2) is 34.9 Å². The van der Waals surface area contributed by atoms with Gasteiger partial charge in [-0.1, -0.05) is 28.1 Å². The summed E-state index contributed by atoms with van der Waals surface area (Å²) in [4.78, 5) is 21.5. The summed E-state index contributed by atoms with van der Waals surface area (Å²) in [6.07, 6.45) is 5.85. The molecule has 4 rings (SSSR count). The van der Waals surface area contributed by atoms with Gasteiger partial charge in [-0.2, -0.15) is 0 Å². The first-order chi connectivity index (χ1) is 11.6. The Morgan fingerprint density at radius 3 is 2.88 bits per heavy atom. The number of rotatable bonds is 3. The van der Waals surface area contributed by atoms with E-state index in [4.69, 9.17) is 0 Å². The van der Waals surface area contributed by atoms with Crippen LogP contribution in [0.3, 0.4) is 0 Å². The summed E-state index contributed by atoms with van der Waals surface area (Å²) in [5, 5.41) is 3.24. The lowest BCUT2D eigenvalue weighted by atomic mass is 9.92. The Labute approximate surface area is 150 Å². The van der Waals surface area contributed by atoms with Crippen molar-refractivity contribution in [2.45, 2.75) is 44.6 Å². The Balaban J connectivity index is 1.44. The molecule has 1 aromatic heterocycles. The second-order valence-corrected chi connectivity index (χ2v) is 7.69. The van der Waals surface area contributed by atoms with Gasteiger partial charge in [-0.15, -0.1) is 0 Å². The zero-order valence-electron chi connectivity index (χ0n) is 13.6. The molecule has 2 aliphatic rings. The van der Waals surface area contributed by atoms with Gasteiger partial charge in [0.2, 0.25) is 5.91 Å². The summed E-state index contributed by atoms with van der Waals surface area (Å²) in [6.45, 7) is 1.91. The monoisotopic (exact) mass is 385 g/mol. The molecule has 1 aromatic carbocycles. The van der Waals surface area contributed by atoms with Crippen molar-refractivity contribution in [2.24, 2.45) is 5.92 Å².